The molecular weight excluding hydrogens is 252 g/mol. The van der Waals surface area contributed by atoms with E-state index in [1.807, 2.05) is 31.2 Å². The fourth-order valence-electron chi connectivity index (χ4n) is 1.63. The SMILES string of the molecule is COc1cccc(NC(=O)C(C)NC2CC2)c1.Cl. The molecule has 100 valence electrons. The molecule has 0 aromatic heterocycles. The van der Waals surface area contributed by atoms with E-state index >= 15 is 0 Å². The van der Waals surface area contributed by atoms with Gasteiger partial charge >= 0.3 is 0 Å². The Morgan fingerprint density at radius 1 is 1.44 bits per heavy atom. The van der Waals surface area contributed by atoms with Crippen LogP contribution in [0.2, 0.25) is 0 Å². The average molecular weight is 271 g/mol. The zero-order chi connectivity index (χ0) is 12.3. The number of methoxy groups -OCH3 is 1. The molecule has 0 aliphatic heterocycles. The number of ether oxygens (including phenoxy) is 1. The van der Waals surface area contributed by atoms with E-state index in [0.717, 1.165) is 11.4 Å². The van der Waals surface area contributed by atoms with Gasteiger partial charge in [-0.2, -0.15) is 0 Å². The monoisotopic (exact) mass is 270 g/mol. The van der Waals surface area contributed by atoms with Gasteiger partial charge in [0.05, 0.1) is 13.2 Å². The molecule has 1 amide bonds. The first kappa shape index (κ1) is 14.8. The van der Waals surface area contributed by atoms with Gasteiger partial charge in [-0.15, -0.1) is 12.4 Å². The average Bonchev–Trinajstić information content (AvgIpc) is 3.13. The van der Waals surface area contributed by atoms with Crippen LogP contribution in [0.15, 0.2) is 24.3 Å². The Labute approximate surface area is 114 Å². The van der Waals surface area contributed by atoms with Crippen molar-refractivity contribution in [2.75, 3.05) is 12.4 Å². The van der Waals surface area contributed by atoms with Crippen molar-refractivity contribution in [3.63, 3.8) is 0 Å². The quantitative estimate of drug-likeness (QED) is 0.862. The molecule has 18 heavy (non-hydrogen) atoms. The Morgan fingerprint density at radius 3 is 2.78 bits per heavy atom. The Bertz CT molecular complexity index is 408. The van der Waals surface area contributed by atoms with E-state index in [0.29, 0.717) is 6.04 Å². The lowest BCUT2D eigenvalue weighted by Gasteiger charge is -2.13. The third-order valence-corrected chi connectivity index (χ3v) is 2.79. The molecule has 0 radical (unpaired) electrons. The molecule has 2 N–H and O–H groups in total. The number of hydrogen-bond donors (Lipinski definition) is 2. The summed E-state index contributed by atoms with van der Waals surface area (Å²) in [5.74, 6) is 0.732. The number of rotatable bonds is 5. The van der Waals surface area contributed by atoms with Gasteiger partial charge in [0.2, 0.25) is 5.91 Å². The van der Waals surface area contributed by atoms with Crippen LogP contribution in [0.3, 0.4) is 0 Å². The predicted octanol–water partition coefficient (Wildman–Crippen LogP) is 2.20. The van der Waals surface area contributed by atoms with Crippen LogP contribution in [-0.2, 0) is 4.79 Å². The Balaban J connectivity index is 0.00000162. The van der Waals surface area contributed by atoms with E-state index in [4.69, 9.17) is 4.74 Å². The molecule has 1 aliphatic carbocycles. The molecule has 0 bridgehead atoms. The van der Waals surface area contributed by atoms with Gasteiger partial charge < -0.3 is 15.4 Å². The van der Waals surface area contributed by atoms with E-state index < -0.39 is 0 Å². The number of carbonyl (C=O) groups excluding carboxylic acids is 1. The molecule has 1 aromatic carbocycles. The molecule has 2 rings (SSSR count). The van der Waals surface area contributed by atoms with Crippen molar-refractivity contribution in [3.05, 3.63) is 24.3 Å². The molecule has 1 aliphatic rings. The van der Waals surface area contributed by atoms with Gasteiger partial charge in [0, 0.05) is 17.8 Å². The number of carbonyl (C=O) groups is 1. The van der Waals surface area contributed by atoms with Crippen LogP contribution in [0.1, 0.15) is 19.8 Å². The first-order valence-corrected chi connectivity index (χ1v) is 5.90. The van der Waals surface area contributed by atoms with Crippen LogP contribution in [-0.4, -0.2) is 25.1 Å². The minimum Gasteiger partial charge on any atom is -0.497 e. The number of hydrogen-bond acceptors (Lipinski definition) is 3. The lowest BCUT2D eigenvalue weighted by atomic mass is 10.2. The van der Waals surface area contributed by atoms with Crippen molar-refractivity contribution in [3.8, 4) is 5.75 Å². The van der Waals surface area contributed by atoms with E-state index in [1.165, 1.54) is 12.8 Å². The van der Waals surface area contributed by atoms with Crippen molar-refractivity contribution in [1.82, 2.24) is 5.32 Å². The summed E-state index contributed by atoms with van der Waals surface area (Å²) in [7, 11) is 1.61. The lowest BCUT2D eigenvalue weighted by Crippen LogP contribution is -2.39. The second-order valence-corrected chi connectivity index (χ2v) is 4.38. The molecule has 4 nitrogen and oxygen atoms in total. The molecule has 0 saturated heterocycles. The van der Waals surface area contributed by atoms with Crippen molar-refractivity contribution in [2.24, 2.45) is 0 Å². The molecule has 5 heteroatoms. The summed E-state index contributed by atoms with van der Waals surface area (Å²) in [6.07, 6.45) is 2.35. The molecular formula is C13H19ClN2O2. The van der Waals surface area contributed by atoms with Gasteiger partial charge in [-0.1, -0.05) is 6.07 Å². The fourth-order valence-corrected chi connectivity index (χ4v) is 1.63. The zero-order valence-corrected chi connectivity index (χ0v) is 11.4. The summed E-state index contributed by atoms with van der Waals surface area (Å²) in [6, 6.07) is 7.73. The number of anilines is 1. The van der Waals surface area contributed by atoms with E-state index in [2.05, 4.69) is 10.6 Å². The van der Waals surface area contributed by atoms with Crippen molar-refractivity contribution >= 4 is 24.0 Å². The topological polar surface area (TPSA) is 50.4 Å². The minimum atomic E-state index is -0.159. The van der Waals surface area contributed by atoms with Gasteiger partial charge in [-0.3, -0.25) is 4.79 Å². The second-order valence-electron chi connectivity index (χ2n) is 4.38. The summed E-state index contributed by atoms with van der Waals surface area (Å²) in [5, 5.41) is 6.13. The number of amides is 1. The number of benzene rings is 1. The van der Waals surface area contributed by atoms with Crippen LogP contribution >= 0.6 is 12.4 Å². The summed E-state index contributed by atoms with van der Waals surface area (Å²) < 4.78 is 5.10. The number of nitrogens with one attached hydrogen (secondary N) is 2. The van der Waals surface area contributed by atoms with Crippen molar-refractivity contribution < 1.29 is 9.53 Å². The van der Waals surface area contributed by atoms with Gasteiger partial charge in [-0.05, 0) is 31.9 Å². The second kappa shape index (κ2) is 6.61. The van der Waals surface area contributed by atoms with Gasteiger partial charge in [0.1, 0.15) is 5.75 Å². The maximum Gasteiger partial charge on any atom is 0.241 e. The Morgan fingerprint density at radius 2 is 2.17 bits per heavy atom. The smallest absolute Gasteiger partial charge is 0.241 e. The summed E-state index contributed by atoms with van der Waals surface area (Å²) in [5.41, 5.74) is 0.763. The molecule has 1 aromatic rings. The van der Waals surface area contributed by atoms with Crippen molar-refractivity contribution in [2.45, 2.75) is 31.8 Å². The van der Waals surface area contributed by atoms with Crippen LogP contribution in [0.4, 0.5) is 5.69 Å². The fraction of sp³-hybridized carbons (Fsp3) is 0.462. The third-order valence-electron chi connectivity index (χ3n) is 2.79. The van der Waals surface area contributed by atoms with Gasteiger partial charge in [-0.25, -0.2) is 0 Å². The molecule has 0 heterocycles. The maximum absolute atomic E-state index is 11.9. The predicted molar refractivity (Wildman–Crippen MR) is 74.5 cm³/mol. The van der Waals surface area contributed by atoms with Crippen LogP contribution in [0, 0.1) is 0 Å². The van der Waals surface area contributed by atoms with Crippen LogP contribution in [0.5, 0.6) is 5.75 Å². The highest BCUT2D eigenvalue weighted by atomic mass is 35.5. The third kappa shape index (κ3) is 4.20. The summed E-state index contributed by atoms with van der Waals surface area (Å²) in [4.78, 5) is 11.9. The summed E-state index contributed by atoms with van der Waals surface area (Å²) in [6.45, 7) is 1.88. The summed E-state index contributed by atoms with van der Waals surface area (Å²) >= 11 is 0. The Hall–Kier alpha value is -1.26. The van der Waals surface area contributed by atoms with Gasteiger partial charge in [0.25, 0.3) is 0 Å². The van der Waals surface area contributed by atoms with Crippen molar-refractivity contribution in [1.29, 1.82) is 0 Å². The first-order valence-electron chi connectivity index (χ1n) is 5.90. The first-order chi connectivity index (χ1) is 8.19. The Kier molecular flexibility index (Phi) is 5.44. The van der Waals surface area contributed by atoms with E-state index in [9.17, 15) is 4.79 Å². The van der Waals surface area contributed by atoms with Gasteiger partial charge in [0.15, 0.2) is 0 Å². The van der Waals surface area contributed by atoms with E-state index in [-0.39, 0.29) is 24.4 Å². The lowest BCUT2D eigenvalue weighted by molar-refractivity contribution is -0.117. The molecule has 1 atom stereocenters. The maximum atomic E-state index is 11.9. The zero-order valence-electron chi connectivity index (χ0n) is 10.6. The minimum absolute atomic E-state index is 0. The highest BCUT2D eigenvalue weighted by Gasteiger charge is 2.25. The van der Waals surface area contributed by atoms with Crippen LogP contribution in [0.25, 0.3) is 0 Å². The number of halogens is 1. The standard InChI is InChI=1S/C13H18N2O2.ClH/c1-9(14-10-6-7-10)13(16)15-11-4-3-5-12(8-11)17-2;/h3-5,8-10,14H,6-7H2,1-2H3,(H,15,16);1H. The largest absolute Gasteiger partial charge is 0.497 e. The normalized spacial score (nSPS) is 15.4. The molecule has 1 saturated carbocycles. The van der Waals surface area contributed by atoms with Crippen LogP contribution < -0.4 is 15.4 Å². The highest BCUT2D eigenvalue weighted by molar-refractivity contribution is 5.94. The molecule has 1 fully saturated rings. The molecule has 0 spiro atoms. The van der Waals surface area contributed by atoms with E-state index in [1.54, 1.807) is 7.11 Å². The highest BCUT2D eigenvalue weighted by Crippen LogP contribution is 2.20. The molecule has 1 unspecified atom stereocenters.